The molecule has 1 aliphatic rings. The van der Waals surface area contributed by atoms with E-state index >= 15 is 0 Å². The molecule has 0 amide bonds. The van der Waals surface area contributed by atoms with E-state index in [0.29, 0.717) is 25.3 Å². The van der Waals surface area contributed by atoms with E-state index < -0.39 is 15.8 Å². The van der Waals surface area contributed by atoms with E-state index in [9.17, 15) is 12.8 Å². The number of halogens is 1. The number of rotatable bonds is 4. The first-order valence-electron chi connectivity index (χ1n) is 6.53. The fourth-order valence-electron chi connectivity index (χ4n) is 2.02. The molecule has 0 radical (unpaired) electrons. The molecule has 1 aliphatic heterocycles. The van der Waals surface area contributed by atoms with Crippen molar-refractivity contribution in [3.05, 3.63) is 29.6 Å². The third-order valence-corrected chi connectivity index (χ3v) is 4.61. The number of hydrogen-bond acceptors (Lipinski definition) is 4. The quantitative estimate of drug-likeness (QED) is 0.857. The fraction of sp³-hybridized carbons (Fsp3) is 0.538. The predicted octanol–water partition coefficient (Wildman–Crippen LogP) is 0.648. The highest BCUT2D eigenvalue weighted by molar-refractivity contribution is 7.89. The minimum atomic E-state index is -3.83. The van der Waals surface area contributed by atoms with Crippen LogP contribution in [0, 0.1) is 18.7 Å². The summed E-state index contributed by atoms with van der Waals surface area (Å²) < 4.78 is 45.7. The molecular weight excluding hydrogens is 283 g/mol. The lowest BCUT2D eigenvalue weighted by molar-refractivity contribution is 0.124. The van der Waals surface area contributed by atoms with Crippen LogP contribution in [-0.2, 0) is 14.8 Å². The molecule has 0 aliphatic carbocycles. The van der Waals surface area contributed by atoms with Crippen LogP contribution in [-0.4, -0.2) is 41.3 Å². The minimum Gasteiger partial charge on any atom is -0.380 e. The summed E-state index contributed by atoms with van der Waals surface area (Å²) in [5.41, 5.74) is 0.683. The van der Waals surface area contributed by atoms with Crippen LogP contribution in [0.1, 0.15) is 5.56 Å². The molecule has 1 atom stereocenters. The number of ether oxygens (including phenoxy) is 1. The lowest BCUT2D eigenvalue weighted by Gasteiger charge is -2.15. The second kappa shape index (κ2) is 6.62. The topological polar surface area (TPSA) is 67.4 Å². The van der Waals surface area contributed by atoms with Crippen molar-refractivity contribution >= 4 is 10.0 Å². The van der Waals surface area contributed by atoms with Crippen LogP contribution in [0.2, 0.25) is 0 Å². The Labute approximate surface area is 118 Å². The third kappa shape index (κ3) is 3.99. The van der Waals surface area contributed by atoms with E-state index in [1.807, 2.05) is 0 Å². The number of benzene rings is 1. The van der Waals surface area contributed by atoms with Gasteiger partial charge in [0, 0.05) is 25.6 Å². The first-order chi connectivity index (χ1) is 9.49. The average molecular weight is 302 g/mol. The lowest BCUT2D eigenvalue weighted by atomic mass is 10.2. The summed E-state index contributed by atoms with van der Waals surface area (Å²) in [6.07, 6.45) is 0. The van der Waals surface area contributed by atoms with Gasteiger partial charge < -0.3 is 10.1 Å². The summed E-state index contributed by atoms with van der Waals surface area (Å²) in [4.78, 5) is -0.314. The molecule has 0 bridgehead atoms. The Morgan fingerprint density at radius 3 is 3.05 bits per heavy atom. The molecule has 1 heterocycles. The van der Waals surface area contributed by atoms with Gasteiger partial charge in [-0.15, -0.1) is 0 Å². The Balaban J connectivity index is 2.03. The highest BCUT2D eigenvalue weighted by Crippen LogP contribution is 2.15. The monoisotopic (exact) mass is 302 g/mol. The smallest absolute Gasteiger partial charge is 0.243 e. The maximum absolute atomic E-state index is 13.7. The Hall–Kier alpha value is -1.02. The van der Waals surface area contributed by atoms with Gasteiger partial charge in [0.05, 0.1) is 13.2 Å². The molecule has 1 fully saturated rings. The van der Waals surface area contributed by atoms with Crippen molar-refractivity contribution in [1.29, 1.82) is 0 Å². The van der Waals surface area contributed by atoms with E-state index in [1.165, 1.54) is 12.1 Å². The van der Waals surface area contributed by atoms with Crippen molar-refractivity contribution in [2.45, 2.75) is 11.8 Å². The van der Waals surface area contributed by atoms with Crippen LogP contribution in [0.25, 0.3) is 0 Å². The molecule has 112 valence electrons. The van der Waals surface area contributed by atoms with Crippen LogP contribution < -0.4 is 10.0 Å². The minimum absolute atomic E-state index is 0.0424. The van der Waals surface area contributed by atoms with Gasteiger partial charge in [-0.1, -0.05) is 6.07 Å². The van der Waals surface area contributed by atoms with Crippen LogP contribution in [0.3, 0.4) is 0 Å². The highest BCUT2D eigenvalue weighted by atomic mass is 32.2. The number of nitrogens with one attached hydrogen (secondary N) is 2. The summed E-state index contributed by atoms with van der Waals surface area (Å²) >= 11 is 0. The highest BCUT2D eigenvalue weighted by Gasteiger charge is 2.21. The third-order valence-electron chi connectivity index (χ3n) is 3.15. The van der Waals surface area contributed by atoms with Crippen molar-refractivity contribution in [2.24, 2.45) is 5.92 Å². The Morgan fingerprint density at radius 2 is 2.30 bits per heavy atom. The molecule has 5 nitrogen and oxygen atoms in total. The van der Waals surface area contributed by atoms with Gasteiger partial charge in [0.25, 0.3) is 0 Å². The first-order valence-corrected chi connectivity index (χ1v) is 8.01. The normalized spacial score (nSPS) is 20.6. The standard InChI is InChI=1S/C13H19FN2O3S/c1-10-2-3-13(12(14)6-10)20(17,18)16-8-11-7-15-4-5-19-9-11/h2-3,6,11,15-16H,4-5,7-9H2,1H3. The van der Waals surface area contributed by atoms with E-state index in [2.05, 4.69) is 10.0 Å². The Bertz CT molecular complexity index is 555. The van der Waals surface area contributed by atoms with E-state index in [1.54, 1.807) is 13.0 Å². The summed E-state index contributed by atoms with van der Waals surface area (Å²) in [6.45, 7) is 4.49. The molecule has 0 spiro atoms. The lowest BCUT2D eigenvalue weighted by Crippen LogP contribution is -2.35. The van der Waals surface area contributed by atoms with Gasteiger partial charge in [-0.2, -0.15) is 0 Å². The van der Waals surface area contributed by atoms with E-state index in [0.717, 1.165) is 6.54 Å². The number of aryl methyl sites for hydroxylation is 1. The zero-order chi connectivity index (χ0) is 14.6. The van der Waals surface area contributed by atoms with Crippen molar-refractivity contribution in [3.8, 4) is 0 Å². The number of hydrogen-bond donors (Lipinski definition) is 2. The second-order valence-corrected chi connectivity index (χ2v) is 6.67. The summed E-state index contributed by atoms with van der Waals surface area (Å²) in [5, 5.41) is 3.16. The fourth-order valence-corrected chi connectivity index (χ4v) is 3.19. The molecule has 7 heteroatoms. The van der Waals surface area contributed by atoms with Crippen molar-refractivity contribution in [1.82, 2.24) is 10.0 Å². The predicted molar refractivity (Wildman–Crippen MR) is 73.5 cm³/mol. The molecule has 20 heavy (non-hydrogen) atoms. The summed E-state index contributed by atoms with van der Waals surface area (Å²) in [5.74, 6) is -0.687. The zero-order valence-corrected chi connectivity index (χ0v) is 12.2. The van der Waals surface area contributed by atoms with Gasteiger partial charge in [-0.25, -0.2) is 17.5 Å². The van der Waals surface area contributed by atoms with Gasteiger partial charge in [0.2, 0.25) is 10.0 Å². The van der Waals surface area contributed by atoms with Crippen molar-refractivity contribution < 1.29 is 17.5 Å². The molecule has 2 rings (SSSR count). The van der Waals surface area contributed by atoms with Crippen LogP contribution >= 0.6 is 0 Å². The molecule has 1 aromatic rings. The second-order valence-electron chi connectivity index (χ2n) is 4.93. The van der Waals surface area contributed by atoms with Gasteiger partial charge in [-0.3, -0.25) is 0 Å². The largest absolute Gasteiger partial charge is 0.380 e. The van der Waals surface area contributed by atoms with Crippen LogP contribution in [0.5, 0.6) is 0 Å². The van der Waals surface area contributed by atoms with Gasteiger partial charge in [0.15, 0.2) is 0 Å². The zero-order valence-electron chi connectivity index (χ0n) is 11.4. The van der Waals surface area contributed by atoms with Gasteiger partial charge >= 0.3 is 0 Å². The Kier molecular flexibility index (Phi) is 5.09. The molecule has 1 unspecified atom stereocenters. The van der Waals surface area contributed by atoms with Crippen LogP contribution in [0.4, 0.5) is 4.39 Å². The average Bonchev–Trinajstić information content (AvgIpc) is 2.64. The number of sulfonamides is 1. The van der Waals surface area contributed by atoms with Gasteiger partial charge in [-0.05, 0) is 24.6 Å². The molecular formula is C13H19FN2O3S. The van der Waals surface area contributed by atoms with Crippen molar-refractivity contribution in [2.75, 3.05) is 32.8 Å². The molecule has 1 aromatic carbocycles. The molecule has 1 saturated heterocycles. The maximum Gasteiger partial charge on any atom is 0.243 e. The van der Waals surface area contributed by atoms with Crippen LogP contribution in [0.15, 0.2) is 23.1 Å². The first kappa shape index (κ1) is 15.4. The summed E-state index contributed by atoms with van der Waals surface area (Å²) in [6, 6.07) is 4.08. The SMILES string of the molecule is Cc1ccc(S(=O)(=O)NCC2CNCCOC2)c(F)c1. The maximum atomic E-state index is 13.7. The molecule has 2 N–H and O–H groups in total. The molecule has 0 aromatic heterocycles. The van der Waals surface area contributed by atoms with Crippen molar-refractivity contribution in [3.63, 3.8) is 0 Å². The van der Waals surface area contributed by atoms with Gasteiger partial charge in [0.1, 0.15) is 10.7 Å². The van der Waals surface area contributed by atoms with E-state index in [-0.39, 0.29) is 17.4 Å². The van der Waals surface area contributed by atoms with E-state index in [4.69, 9.17) is 4.74 Å². The Morgan fingerprint density at radius 1 is 1.50 bits per heavy atom. The molecule has 0 saturated carbocycles. The summed E-state index contributed by atoms with van der Waals surface area (Å²) in [7, 11) is -3.83.